The standard InChI is InChI=1S/C13H20N4O2S/c1-3-9-8-10-11(15-4-5-19-7-6-18-2)16-13(14)17-12(10)20-9/h8H,3-7H2,1-2H3,(H3,14,15,16,17). The first-order chi connectivity index (χ1) is 9.74. The van der Waals surface area contributed by atoms with Crippen LogP contribution in [-0.2, 0) is 15.9 Å². The second kappa shape index (κ2) is 7.37. The van der Waals surface area contributed by atoms with Gasteiger partial charge in [-0.1, -0.05) is 6.92 Å². The third kappa shape index (κ3) is 3.78. The summed E-state index contributed by atoms with van der Waals surface area (Å²) >= 11 is 1.66. The van der Waals surface area contributed by atoms with Gasteiger partial charge in [0.1, 0.15) is 10.6 Å². The van der Waals surface area contributed by atoms with Crippen molar-refractivity contribution in [2.24, 2.45) is 0 Å². The number of hydrogen-bond acceptors (Lipinski definition) is 7. The second-order valence-corrected chi connectivity index (χ2v) is 5.36. The maximum absolute atomic E-state index is 5.74. The third-order valence-corrected chi connectivity index (χ3v) is 3.95. The summed E-state index contributed by atoms with van der Waals surface area (Å²) in [5, 5.41) is 4.28. The Balaban J connectivity index is 1.99. The molecule has 2 aromatic heterocycles. The van der Waals surface area contributed by atoms with Crippen molar-refractivity contribution in [2.75, 3.05) is 44.5 Å². The first-order valence-electron chi connectivity index (χ1n) is 6.61. The van der Waals surface area contributed by atoms with E-state index in [1.54, 1.807) is 18.4 Å². The largest absolute Gasteiger partial charge is 0.382 e. The highest BCUT2D eigenvalue weighted by atomic mass is 32.1. The van der Waals surface area contributed by atoms with Crippen LogP contribution in [0, 0.1) is 0 Å². The van der Waals surface area contributed by atoms with Gasteiger partial charge in [-0.3, -0.25) is 0 Å². The molecule has 0 aromatic carbocycles. The number of ether oxygens (including phenoxy) is 2. The number of thiophene rings is 1. The van der Waals surface area contributed by atoms with Gasteiger partial charge in [-0.2, -0.15) is 4.98 Å². The molecule has 20 heavy (non-hydrogen) atoms. The molecule has 0 aliphatic rings. The van der Waals surface area contributed by atoms with E-state index in [2.05, 4.69) is 28.3 Å². The normalized spacial score (nSPS) is 11.1. The number of nitrogen functional groups attached to an aromatic ring is 1. The summed E-state index contributed by atoms with van der Waals surface area (Å²) in [5.41, 5.74) is 5.74. The second-order valence-electron chi connectivity index (χ2n) is 4.25. The fourth-order valence-corrected chi connectivity index (χ4v) is 2.76. The molecule has 0 aliphatic carbocycles. The number of nitrogens with two attached hydrogens (primary N) is 1. The van der Waals surface area contributed by atoms with E-state index < -0.39 is 0 Å². The molecule has 0 unspecified atom stereocenters. The molecule has 0 radical (unpaired) electrons. The first kappa shape index (κ1) is 15.0. The molecule has 0 amide bonds. The molecule has 6 nitrogen and oxygen atoms in total. The molecule has 3 N–H and O–H groups in total. The lowest BCUT2D eigenvalue weighted by Crippen LogP contribution is -2.13. The topological polar surface area (TPSA) is 82.3 Å². The van der Waals surface area contributed by atoms with Crippen LogP contribution in [0.2, 0.25) is 0 Å². The number of methoxy groups -OCH3 is 1. The van der Waals surface area contributed by atoms with Crippen molar-refractivity contribution >= 4 is 33.3 Å². The maximum atomic E-state index is 5.74. The molecule has 0 atom stereocenters. The van der Waals surface area contributed by atoms with Crippen LogP contribution in [0.5, 0.6) is 0 Å². The zero-order valence-corrected chi connectivity index (χ0v) is 12.6. The Bertz CT molecular complexity index is 559. The van der Waals surface area contributed by atoms with Gasteiger partial charge in [-0.15, -0.1) is 11.3 Å². The van der Waals surface area contributed by atoms with Crippen molar-refractivity contribution in [3.63, 3.8) is 0 Å². The predicted octanol–water partition coefficient (Wildman–Crippen LogP) is 1.91. The average molecular weight is 296 g/mol. The van der Waals surface area contributed by atoms with Gasteiger partial charge in [-0.25, -0.2) is 4.98 Å². The molecular weight excluding hydrogens is 276 g/mol. The van der Waals surface area contributed by atoms with Gasteiger partial charge in [-0.05, 0) is 12.5 Å². The van der Waals surface area contributed by atoms with Crippen LogP contribution in [-0.4, -0.2) is 43.4 Å². The minimum atomic E-state index is 0.296. The van der Waals surface area contributed by atoms with Crippen molar-refractivity contribution < 1.29 is 9.47 Å². The molecule has 2 aromatic rings. The molecule has 0 fully saturated rings. The summed E-state index contributed by atoms with van der Waals surface area (Å²) < 4.78 is 10.3. The van der Waals surface area contributed by atoms with E-state index in [4.69, 9.17) is 15.2 Å². The SMILES string of the molecule is CCc1cc2c(NCCOCCOC)nc(N)nc2s1. The van der Waals surface area contributed by atoms with Crippen LogP contribution >= 0.6 is 11.3 Å². The van der Waals surface area contributed by atoms with E-state index in [-0.39, 0.29) is 0 Å². The summed E-state index contributed by atoms with van der Waals surface area (Å²) in [5.74, 6) is 1.07. The lowest BCUT2D eigenvalue weighted by Gasteiger charge is -2.08. The van der Waals surface area contributed by atoms with Crippen LogP contribution in [0.3, 0.4) is 0 Å². The Morgan fingerprint density at radius 2 is 2.15 bits per heavy atom. The minimum Gasteiger partial charge on any atom is -0.382 e. The summed E-state index contributed by atoms with van der Waals surface area (Å²) in [6.45, 7) is 4.59. The molecule has 0 bridgehead atoms. The Morgan fingerprint density at radius 3 is 2.90 bits per heavy atom. The molecule has 2 heterocycles. The number of aryl methyl sites for hydroxylation is 1. The van der Waals surface area contributed by atoms with Crippen LogP contribution in [0.15, 0.2) is 6.07 Å². The zero-order valence-electron chi connectivity index (χ0n) is 11.8. The highest BCUT2D eigenvalue weighted by molar-refractivity contribution is 7.18. The van der Waals surface area contributed by atoms with Crippen LogP contribution in [0.1, 0.15) is 11.8 Å². The maximum Gasteiger partial charge on any atom is 0.223 e. The van der Waals surface area contributed by atoms with Crippen LogP contribution in [0.25, 0.3) is 10.2 Å². The van der Waals surface area contributed by atoms with E-state index in [1.165, 1.54) is 4.88 Å². The number of anilines is 2. The molecule has 0 aliphatic heterocycles. The van der Waals surface area contributed by atoms with Gasteiger partial charge in [0.15, 0.2) is 0 Å². The molecular formula is C13H20N4O2S. The smallest absolute Gasteiger partial charge is 0.223 e. The molecule has 7 heteroatoms. The molecule has 0 spiro atoms. The summed E-state index contributed by atoms with van der Waals surface area (Å²) in [4.78, 5) is 10.7. The van der Waals surface area contributed by atoms with Gasteiger partial charge in [0, 0.05) is 18.5 Å². The average Bonchev–Trinajstić information content (AvgIpc) is 2.85. The summed E-state index contributed by atoms with van der Waals surface area (Å²) in [6.07, 6.45) is 0.987. The lowest BCUT2D eigenvalue weighted by molar-refractivity contribution is 0.0759. The number of aromatic nitrogens is 2. The molecule has 110 valence electrons. The van der Waals surface area contributed by atoms with Crippen LogP contribution in [0.4, 0.5) is 11.8 Å². The van der Waals surface area contributed by atoms with Crippen molar-refractivity contribution in [2.45, 2.75) is 13.3 Å². The van der Waals surface area contributed by atoms with Gasteiger partial charge >= 0.3 is 0 Å². The number of nitrogens with one attached hydrogen (secondary N) is 1. The number of rotatable bonds is 8. The first-order valence-corrected chi connectivity index (χ1v) is 7.42. The Labute approximate surface area is 122 Å². The van der Waals surface area contributed by atoms with Crippen molar-refractivity contribution in [1.29, 1.82) is 0 Å². The number of hydrogen-bond donors (Lipinski definition) is 2. The van der Waals surface area contributed by atoms with E-state index >= 15 is 0 Å². The van der Waals surface area contributed by atoms with Crippen molar-refractivity contribution in [3.05, 3.63) is 10.9 Å². The molecule has 2 rings (SSSR count). The fourth-order valence-electron chi connectivity index (χ4n) is 1.78. The van der Waals surface area contributed by atoms with Crippen molar-refractivity contribution in [3.8, 4) is 0 Å². The molecule has 0 saturated heterocycles. The van der Waals surface area contributed by atoms with Gasteiger partial charge in [0.2, 0.25) is 5.95 Å². The van der Waals surface area contributed by atoms with Gasteiger partial charge in [0.05, 0.1) is 25.2 Å². The van der Waals surface area contributed by atoms with Gasteiger partial charge < -0.3 is 20.5 Å². The van der Waals surface area contributed by atoms with E-state index in [9.17, 15) is 0 Å². The predicted molar refractivity (Wildman–Crippen MR) is 82.4 cm³/mol. The summed E-state index contributed by atoms with van der Waals surface area (Å²) in [7, 11) is 1.66. The minimum absolute atomic E-state index is 0.296. The number of nitrogens with zero attached hydrogens (tertiary/aromatic N) is 2. The third-order valence-electron chi connectivity index (χ3n) is 2.78. The summed E-state index contributed by atoms with van der Waals surface area (Å²) in [6, 6.07) is 2.12. The Hall–Kier alpha value is -1.44. The molecule has 0 saturated carbocycles. The number of fused-ring (bicyclic) bond motifs is 1. The monoisotopic (exact) mass is 296 g/mol. The van der Waals surface area contributed by atoms with E-state index in [0.29, 0.717) is 32.3 Å². The highest BCUT2D eigenvalue weighted by Gasteiger charge is 2.09. The quantitative estimate of drug-likeness (QED) is 0.724. The lowest BCUT2D eigenvalue weighted by atomic mass is 10.3. The van der Waals surface area contributed by atoms with E-state index in [1.807, 2.05) is 0 Å². The van der Waals surface area contributed by atoms with Crippen LogP contribution < -0.4 is 11.1 Å². The highest BCUT2D eigenvalue weighted by Crippen LogP contribution is 2.29. The Morgan fingerprint density at radius 1 is 1.30 bits per heavy atom. The Kier molecular flexibility index (Phi) is 5.51. The zero-order chi connectivity index (χ0) is 14.4. The fraction of sp³-hybridized carbons (Fsp3) is 0.538. The van der Waals surface area contributed by atoms with Gasteiger partial charge in [0.25, 0.3) is 0 Å². The van der Waals surface area contributed by atoms with Crippen molar-refractivity contribution in [1.82, 2.24) is 9.97 Å². The van der Waals surface area contributed by atoms with E-state index in [0.717, 1.165) is 22.5 Å².